The predicted octanol–water partition coefficient (Wildman–Crippen LogP) is 0.182. The minimum Gasteiger partial charge on any atom is -0.338 e. The standard InChI is InChI=1S/C11H20N2O5S2/c1-3-19(15,16)9-5-7-12-11(14)13-8-6-10-20(17,18)4-2/h3-4H,1-2,5-10H2,(H2,12,13,14). The van der Waals surface area contributed by atoms with Crippen molar-refractivity contribution in [3.63, 3.8) is 0 Å². The molecule has 0 bridgehead atoms. The number of sulfone groups is 2. The van der Waals surface area contributed by atoms with Gasteiger partial charge in [0.15, 0.2) is 19.7 Å². The SMILES string of the molecule is C=CS(=O)(=O)CCCNC(=O)NCCCS(=O)(=O)C=C. The Labute approximate surface area is 120 Å². The van der Waals surface area contributed by atoms with Crippen molar-refractivity contribution < 1.29 is 21.6 Å². The highest BCUT2D eigenvalue weighted by molar-refractivity contribution is 7.94. The van der Waals surface area contributed by atoms with Crippen molar-refractivity contribution in [1.82, 2.24) is 10.6 Å². The lowest BCUT2D eigenvalue weighted by Gasteiger charge is -2.07. The molecule has 0 heterocycles. The molecule has 2 N–H and O–H groups in total. The van der Waals surface area contributed by atoms with Gasteiger partial charge in [0.25, 0.3) is 0 Å². The van der Waals surface area contributed by atoms with Gasteiger partial charge in [-0.3, -0.25) is 0 Å². The number of urea groups is 1. The van der Waals surface area contributed by atoms with E-state index in [0.29, 0.717) is 0 Å². The summed E-state index contributed by atoms with van der Waals surface area (Å²) >= 11 is 0. The maximum absolute atomic E-state index is 11.3. The molecule has 0 saturated heterocycles. The Balaban J connectivity index is 3.71. The van der Waals surface area contributed by atoms with Gasteiger partial charge in [0.05, 0.1) is 11.5 Å². The van der Waals surface area contributed by atoms with E-state index in [1.165, 1.54) is 0 Å². The number of hydrogen-bond donors (Lipinski definition) is 2. The summed E-state index contributed by atoms with van der Waals surface area (Å²) in [5.74, 6) is -0.150. The molecule has 0 atom stereocenters. The van der Waals surface area contributed by atoms with Crippen LogP contribution in [-0.2, 0) is 19.7 Å². The maximum Gasteiger partial charge on any atom is 0.314 e. The first-order chi connectivity index (χ1) is 9.22. The molecular formula is C11H20N2O5S2. The summed E-state index contributed by atoms with van der Waals surface area (Å²) in [5.41, 5.74) is 0. The third-order valence-corrected chi connectivity index (χ3v) is 5.02. The first kappa shape index (κ1) is 18.7. The Morgan fingerprint density at radius 1 is 0.850 bits per heavy atom. The van der Waals surface area contributed by atoms with Gasteiger partial charge in [-0.25, -0.2) is 21.6 Å². The maximum atomic E-state index is 11.3. The minimum absolute atomic E-state index is 0.0750. The van der Waals surface area contributed by atoms with Gasteiger partial charge < -0.3 is 10.6 Å². The monoisotopic (exact) mass is 324 g/mol. The molecule has 0 aromatic heterocycles. The molecular weight excluding hydrogens is 304 g/mol. The second-order valence-electron chi connectivity index (χ2n) is 3.96. The smallest absolute Gasteiger partial charge is 0.314 e. The lowest BCUT2D eigenvalue weighted by Crippen LogP contribution is -2.37. The third-order valence-electron chi connectivity index (χ3n) is 2.29. The zero-order chi connectivity index (χ0) is 15.6. The summed E-state index contributed by atoms with van der Waals surface area (Å²) in [4.78, 5) is 11.3. The van der Waals surface area contributed by atoms with Gasteiger partial charge in [0, 0.05) is 23.9 Å². The van der Waals surface area contributed by atoms with Crippen LogP contribution in [0.25, 0.3) is 0 Å². The van der Waals surface area contributed by atoms with Crippen molar-refractivity contribution in [2.45, 2.75) is 12.8 Å². The quantitative estimate of drug-likeness (QED) is 0.557. The van der Waals surface area contributed by atoms with Gasteiger partial charge in [0.1, 0.15) is 0 Å². The summed E-state index contributed by atoms with van der Waals surface area (Å²) in [6.45, 7) is 6.78. The van der Waals surface area contributed by atoms with Crippen molar-refractivity contribution in [2.75, 3.05) is 24.6 Å². The molecule has 0 radical (unpaired) electrons. The molecule has 0 aromatic rings. The average molecular weight is 324 g/mol. The summed E-state index contributed by atoms with van der Waals surface area (Å²) in [6.07, 6.45) is 0.569. The molecule has 0 aromatic carbocycles. The molecule has 0 saturated carbocycles. The van der Waals surface area contributed by atoms with Crippen LogP contribution in [0.1, 0.15) is 12.8 Å². The van der Waals surface area contributed by atoms with E-state index in [9.17, 15) is 21.6 Å². The molecule has 0 spiro atoms. The van der Waals surface area contributed by atoms with Crippen LogP contribution in [0.5, 0.6) is 0 Å². The minimum atomic E-state index is -3.24. The van der Waals surface area contributed by atoms with E-state index in [1.54, 1.807) is 0 Å². The van der Waals surface area contributed by atoms with Crippen LogP contribution >= 0.6 is 0 Å². The van der Waals surface area contributed by atoms with Crippen molar-refractivity contribution in [3.05, 3.63) is 24.0 Å². The van der Waals surface area contributed by atoms with Crippen LogP contribution in [0.4, 0.5) is 4.79 Å². The van der Waals surface area contributed by atoms with Crippen LogP contribution in [-0.4, -0.2) is 47.5 Å². The van der Waals surface area contributed by atoms with E-state index in [1.807, 2.05) is 0 Å². The molecule has 0 aliphatic heterocycles. The van der Waals surface area contributed by atoms with Crippen LogP contribution in [0.2, 0.25) is 0 Å². The molecule has 7 nitrogen and oxygen atoms in total. The number of rotatable bonds is 10. The van der Waals surface area contributed by atoms with E-state index >= 15 is 0 Å². The largest absolute Gasteiger partial charge is 0.338 e. The Morgan fingerprint density at radius 2 is 1.20 bits per heavy atom. The second-order valence-corrected chi connectivity index (χ2v) is 8.09. The number of carbonyl (C=O) groups excluding carboxylic acids is 1. The molecule has 2 amide bonds. The first-order valence-electron chi connectivity index (χ1n) is 5.94. The van der Waals surface area contributed by atoms with Crippen LogP contribution in [0.3, 0.4) is 0 Å². The molecule has 9 heteroatoms. The predicted molar refractivity (Wildman–Crippen MR) is 78.6 cm³/mol. The topological polar surface area (TPSA) is 109 Å². The Kier molecular flexibility index (Phi) is 8.16. The summed E-state index contributed by atoms with van der Waals surface area (Å²) in [5, 5.41) is 6.71. The van der Waals surface area contributed by atoms with Crippen molar-refractivity contribution in [1.29, 1.82) is 0 Å². The highest BCUT2D eigenvalue weighted by Gasteiger charge is 2.06. The number of nitrogens with one attached hydrogen (secondary N) is 2. The number of amides is 2. The van der Waals surface area contributed by atoms with E-state index in [4.69, 9.17) is 0 Å². The van der Waals surface area contributed by atoms with Crippen LogP contribution < -0.4 is 10.6 Å². The van der Waals surface area contributed by atoms with Gasteiger partial charge in [-0.15, -0.1) is 0 Å². The van der Waals surface area contributed by atoms with Gasteiger partial charge in [-0.1, -0.05) is 13.2 Å². The Hall–Kier alpha value is -1.35. The lowest BCUT2D eigenvalue weighted by atomic mass is 10.4. The second kappa shape index (κ2) is 8.75. The normalized spacial score (nSPS) is 11.6. The molecule has 0 unspecified atom stereocenters. The Bertz CT molecular complexity index is 489. The highest BCUT2D eigenvalue weighted by atomic mass is 32.2. The van der Waals surface area contributed by atoms with Crippen LogP contribution in [0, 0.1) is 0 Å². The van der Waals surface area contributed by atoms with Crippen molar-refractivity contribution in [3.8, 4) is 0 Å². The number of carbonyl (C=O) groups is 1. The number of hydrogen-bond acceptors (Lipinski definition) is 5. The molecule has 20 heavy (non-hydrogen) atoms. The summed E-state index contributed by atoms with van der Waals surface area (Å²) < 4.78 is 44.3. The molecule has 0 aliphatic rings. The van der Waals surface area contributed by atoms with Gasteiger partial charge in [-0.05, 0) is 12.8 Å². The zero-order valence-corrected chi connectivity index (χ0v) is 12.8. The zero-order valence-electron chi connectivity index (χ0n) is 11.2. The highest BCUT2D eigenvalue weighted by Crippen LogP contribution is 1.94. The summed E-state index contributed by atoms with van der Waals surface area (Å²) in [6, 6.07) is -0.461. The van der Waals surface area contributed by atoms with Crippen LogP contribution in [0.15, 0.2) is 24.0 Å². The van der Waals surface area contributed by atoms with E-state index < -0.39 is 25.7 Å². The fourth-order valence-corrected chi connectivity index (χ4v) is 2.61. The fraction of sp³-hybridized carbons (Fsp3) is 0.545. The molecule has 0 aliphatic carbocycles. The first-order valence-corrected chi connectivity index (χ1v) is 9.37. The third kappa shape index (κ3) is 9.56. The van der Waals surface area contributed by atoms with E-state index in [0.717, 1.165) is 10.8 Å². The Morgan fingerprint density at radius 3 is 1.50 bits per heavy atom. The van der Waals surface area contributed by atoms with Gasteiger partial charge in [-0.2, -0.15) is 0 Å². The van der Waals surface area contributed by atoms with Crippen molar-refractivity contribution in [2.24, 2.45) is 0 Å². The van der Waals surface area contributed by atoms with Gasteiger partial charge in [0.2, 0.25) is 0 Å². The van der Waals surface area contributed by atoms with Gasteiger partial charge >= 0.3 is 6.03 Å². The molecule has 0 fully saturated rings. The summed E-state index contributed by atoms with van der Waals surface area (Å²) in [7, 11) is -6.48. The molecule has 0 rings (SSSR count). The lowest BCUT2D eigenvalue weighted by molar-refractivity contribution is 0.241. The van der Waals surface area contributed by atoms with Crippen molar-refractivity contribution >= 4 is 25.7 Å². The molecule has 116 valence electrons. The van der Waals surface area contributed by atoms with E-state index in [2.05, 4.69) is 23.8 Å². The van der Waals surface area contributed by atoms with E-state index in [-0.39, 0.29) is 37.4 Å². The fourth-order valence-electron chi connectivity index (χ4n) is 1.18. The average Bonchev–Trinajstić information content (AvgIpc) is 2.40.